The average Bonchev–Trinajstić information content (AvgIpc) is 3.23. The van der Waals surface area contributed by atoms with E-state index in [4.69, 9.17) is 5.11 Å². The van der Waals surface area contributed by atoms with Crippen LogP contribution in [0.4, 0.5) is 5.69 Å². The summed E-state index contributed by atoms with van der Waals surface area (Å²) in [5.41, 5.74) is 13.6. The minimum absolute atomic E-state index is 0. The maximum absolute atomic E-state index is 10.1. The molecule has 1 N–H and O–H groups in total. The third-order valence-electron chi connectivity index (χ3n) is 7.05. The van der Waals surface area contributed by atoms with Crippen molar-refractivity contribution in [1.29, 1.82) is 0 Å². The van der Waals surface area contributed by atoms with Gasteiger partial charge in [0.15, 0.2) is 0 Å². The van der Waals surface area contributed by atoms with Gasteiger partial charge in [0.1, 0.15) is 5.78 Å². The molecule has 3 aromatic rings. The standard InChI is InChI=1S/C28H33BN2.C5H10O2.Pt/c1-19-13-21(3)27(22(4)14-19)29(28-23(5)15-20(2)16-24(28)6)25-9-8-10-26(17-25)31-12-11-30(7)18-31;1-4(6)3-5(2)7;/h8-17H,18H2,1-7H3;4,6H,3H2,1-2H3;/q;;+2. The van der Waals surface area contributed by atoms with Gasteiger partial charge in [-0.25, -0.2) is 0 Å². The summed E-state index contributed by atoms with van der Waals surface area (Å²) in [6, 6.07) is 18.4. The van der Waals surface area contributed by atoms with Gasteiger partial charge < -0.3 is 14.9 Å². The molecule has 0 bridgehead atoms. The summed E-state index contributed by atoms with van der Waals surface area (Å²) in [5, 5.41) is 8.50. The summed E-state index contributed by atoms with van der Waals surface area (Å²) in [6.07, 6.45) is 4.10. The van der Waals surface area contributed by atoms with Crippen molar-refractivity contribution >= 4 is 34.6 Å². The molecule has 1 aliphatic heterocycles. The number of nitrogens with zero attached hydrogens (tertiary/aromatic N) is 2. The Hall–Kier alpha value is -2.62. The van der Waals surface area contributed by atoms with E-state index in [1.54, 1.807) is 6.92 Å². The van der Waals surface area contributed by atoms with Crippen LogP contribution in [0.5, 0.6) is 0 Å². The molecule has 0 aromatic heterocycles. The summed E-state index contributed by atoms with van der Waals surface area (Å²) in [6.45, 7) is 17.6. The fourth-order valence-electron chi connectivity index (χ4n) is 5.77. The molecule has 0 amide bonds. The maximum atomic E-state index is 10.1. The van der Waals surface area contributed by atoms with E-state index in [1.165, 1.54) is 62.4 Å². The Labute approximate surface area is 250 Å². The van der Waals surface area contributed by atoms with Crippen LogP contribution in [0.3, 0.4) is 0 Å². The Balaban J connectivity index is 0.000000592. The van der Waals surface area contributed by atoms with Crippen molar-refractivity contribution in [3.05, 3.63) is 94.3 Å². The predicted molar refractivity (Wildman–Crippen MR) is 164 cm³/mol. The van der Waals surface area contributed by atoms with E-state index in [0.29, 0.717) is 0 Å². The summed E-state index contributed by atoms with van der Waals surface area (Å²) in [5.74, 6) is 0.0370. The number of anilines is 1. The Bertz CT molecular complexity index is 1230. The van der Waals surface area contributed by atoms with Gasteiger partial charge in [0.25, 0.3) is 0 Å². The first-order valence-corrected chi connectivity index (χ1v) is 13.5. The number of rotatable bonds is 6. The zero-order chi connectivity index (χ0) is 28.1. The number of aryl methyl sites for hydroxylation is 6. The molecule has 0 saturated heterocycles. The first kappa shape index (κ1) is 32.6. The van der Waals surface area contributed by atoms with Crippen LogP contribution in [-0.4, -0.2) is 42.3 Å². The van der Waals surface area contributed by atoms with Crippen LogP contribution < -0.4 is 21.3 Å². The molecule has 0 saturated carbocycles. The Morgan fingerprint density at radius 1 is 0.872 bits per heavy atom. The van der Waals surface area contributed by atoms with E-state index in [0.717, 1.165) is 6.67 Å². The van der Waals surface area contributed by atoms with Gasteiger partial charge in [-0.1, -0.05) is 86.2 Å². The van der Waals surface area contributed by atoms with E-state index >= 15 is 0 Å². The number of aliphatic hydroxyl groups excluding tert-OH is 1. The summed E-state index contributed by atoms with van der Waals surface area (Å²) < 4.78 is 0. The van der Waals surface area contributed by atoms with Gasteiger partial charge >= 0.3 is 21.1 Å². The van der Waals surface area contributed by atoms with Crippen molar-refractivity contribution in [3.8, 4) is 0 Å². The number of hydrogen-bond acceptors (Lipinski definition) is 4. The van der Waals surface area contributed by atoms with Gasteiger partial charge in [0, 0.05) is 31.6 Å². The second kappa shape index (κ2) is 14.1. The van der Waals surface area contributed by atoms with Gasteiger partial charge in [-0.05, 0) is 67.5 Å². The first-order valence-electron chi connectivity index (χ1n) is 13.5. The predicted octanol–water partition coefficient (Wildman–Crippen LogP) is 4.58. The minimum atomic E-state index is -0.475. The van der Waals surface area contributed by atoms with E-state index in [2.05, 4.69) is 119 Å². The molecule has 6 heteroatoms. The summed E-state index contributed by atoms with van der Waals surface area (Å²) >= 11 is 0. The molecule has 0 spiro atoms. The van der Waals surface area contributed by atoms with E-state index < -0.39 is 6.10 Å². The molecule has 4 nitrogen and oxygen atoms in total. The number of ketones is 1. The topological polar surface area (TPSA) is 43.8 Å². The average molecular weight is 706 g/mol. The fourth-order valence-corrected chi connectivity index (χ4v) is 5.77. The summed E-state index contributed by atoms with van der Waals surface area (Å²) in [7, 11) is 2.11. The van der Waals surface area contributed by atoms with Crippen molar-refractivity contribution in [2.75, 3.05) is 18.6 Å². The third kappa shape index (κ3) is 8.43. The van der Waals surface area contributed by atoms with Crippen LogP contribution in [0.25, 0.3) is 0 Å². The second-order valence-electron chi connectivity index (χ2n) is 11.1. The van der Waals surface area contributed by atoms with Gasteiger partial charge in [-0.15, -0.1) is 0 Å². The molecule has 208 valence electrons. The molecule has 39 heavy (non-hydrogen) atoms. The quantitative estimate of drug-likeness (QED) is 0.382. The minimum Gasteiger partial charge on any atom is -0.393 e. The first-order chi connectivity index (χ1) is 17.9. The van der Waals surface area contributed by atoms with Gasteiger partial charge in [0.05, 0.1) is 12.8 Å². The molecule has 0 fully saturated rings. The Kier molecular flexibility index (Phi) is 11.8. The molecule has 0 radical (unpaired) electrons. The Morgan fingerprint density at radius 2 is 1.36 bits per heavy atom. The molecule has 1 aliphatic rings. The van der Waals surface area contributed by atoms with Crippen LogP contribution in [0.2, 0.25) is 0 Å². The van der Waals surface area contributed by atoms with Crippen molar-refractivity contribution in [2.45, 2.75) is 67.9 Å². The Morgan fingerprint density at radius 3 is 1.72 bits per heavy atom. The van der Waals surface area contributed by atoms with Crippen LogP contribution in [0.15, 0.2) is 60.9 Å². The van der Waals surface area contributed by atoms with Crippen LogP contribution in [0, 0.1) is 41.5 Å². The van der Waals surface area contributed by atoms with Crippen LogP contribution >= 0.6 is 0 Å². The second-order valence-corrected chi connectivity index (χ2v) is 11.1. The van der Waals surface area contributed by atoms with Gasteiger partial charge in [-0.2, -0.15) is 0 Å². The molecule has 3 aromatic carbocycles. The van der Waals surface area contributed by atoms with Crippen molar-refractivity contribution in [3.63, 3.8) is 0 Å². The number of Topliss-reactive ketones (excluding diaryl/α,β-unsaturated/α-hetero) is 1. The van der Waals surface area contributed by atoms with Gasteiger partial charge in [-0.3, -0.25) is 4.79 Å². The van der Waals surface area contributed by atoms with E-state index in [9.17, 15) is 4.79 Å². The zero-order valence-corrected chi connectivity index (χ0v) is 27.2. The van der Waals surface area contributed by atoms with E-state index in [1.807, 2.05) is 0 Å². The van der Waals surface area contributed by atoms with Crippen LogP contribution in [-0.2, 0) is 25.9 Å². The molecule has 1 atom stereocenters. The molecule has 0 aliphatic carbocycles. The molecule has 1 heterocycles. The van der Waals surface area contributed by atoms with Gasteiger partial charge in [0.2, 0.25) is 6.71 Å². The SMILES string of the molecule is CC(=O)CC(C)O.Cc1cc(C)c(B(c2cccc(N3C=CN(C)C3)c2)c2c(C)cc(C)cc2C)c(C)c1.[Pt+2]. The van der Waals surface area contributed by atoms with Crippen LogP contribution in [0.1, 0.15) is 53.6 Å². The molecule has 4 rings (SSSR count). The number of hydrogen-bond donors (Lipinski definition) is 1. The normalized spacial score (nSPS) is 13.0. The monoisotopic (exact) mass is 705 g/mol. The molecular formula is C33H43BN2O2Pt+2. The largest absolute Gasteiger partial charge is 2.00 e. The summed E-state index contributed by atoms with van der Waals surface area (Å²) in [4.78, 5) is 14.6. The fraction of sp³-hybridized carbons (Fsp3) is 0.364. The third-order valence-corrected chi connectivity index (χ3v) is 7.05. The number of carbonyl (C=O) groups is 1. The molecule has 1 unspecified atom stereocenters. The van der Waals surface area contributed by atoms with Crippen molar-refractivity contribution < 1.29 is 31.0 Å². The number of benzene rings is 3. The van der Waals surface area contributed by atoms with Crippen molar-refractivity contribution in [1.82, 2.24) is 4.90 Å². The number of aliphatic hydroxyl groups is 1. The smallest absolute Gasteiger partial charge is 0.393 e. The molecular weight excluding hydrogens is 662 g/mol. The maximum Gasteiger partial charge on any atom is 2.00 e. The van der Waals surface area contributed by atoms with Crippen molar-refractivity contribution in [2.24, 2.45) is 0 Å². The number of carbonyl (C=O) groups excluding carboxylic acids is 1. The zero-order valence-electron chi connectivity index (χ0n) is 24.9. The van der Waals surface area contributed by atoms with E-state index in [-0.39, 0.29) is 40.0 Å².